The van der Waals surface area contributed by atoms with Gasteiger partial charge in [-0.25, -0.2) is 9.67 Å². The van der Waals surface area contributed by atoms with Crippen molar-refractivity contribution in [2.45, 2.75) is 45.2 Å². The van der Waals surface area contributed by atoms with E-state index in [0.29, 0.717) is 6.54 Å². The normalized spacial score (nSPS) is 18.6. The van der Waals surface area contributed by atoms with Crippen LogP contribution in [0.25, 0.3) is 0 Å². The van der Waals surface area contributed by atoms with E-state index in [2.05, 4.69) is 10.1 Å². The first-order valence-corrected chi connectivity index (χ1v) is 5.47. The van der Waals surface area contributed by atoms with Crippen LogP contribution in [0.4, 0.5) is 0 Å². The molecule has 1 aromatic heterocycles. The molecule has 0 unspecified atom stereocenters. The highest BCUT2D eigenvalue weighted by Gasteiger charge is 2.15. The van der Waals surface area contributed by atoms with E-state index < -0.39 is 0 Å². The molecular formula is C10H18N4. The summed E-state index contributed by atoms with van der Waals surface area (Å²) in [5, 5.41) is 4.21. The zero-order valence-electron chi connectivity index (χ0n) is 8.52. The summed E-state index contributed by atoms with van der Waals surface area (Å²) in [7, 11) is 0. The number of hydrogen-bond acceptors (Lipinski definition) is 3. The summed E-state index contributed by atoms with van der Waals surface area (Å²) in [5.41, 5.74) is 5.58. The molecule has 2 N–H and O–H groups in total. The Morgan fingerprint density at radius 2 is 2.14 bits per heavy atom. The Labute approximate surface area is 84.5 Å². The summed E-state index contributed by atoms with van der Waals surface area (Å²) in [5.74, 6) is 1.70. The Hall–Kier alpha value is -0.900. The maximum absolute atomic E-state index is 5.58. The average molecular weight is 194 g/mol. The molecule has 1 aromatic rings. The third-order valence-corrected chi connectivity index (χ3v) is 3.03. The van der Waals surface area contributed by atoms with Crippen LogP contribution in [0.3, 0.4) is 0 Å². The van der Waals surface area contributed by atoms with Gasteiger partial charge < -0.3 is 5.73 Å². The monoisotopic (exact) mass is 194 g/mol. The van der Waals surface area contributed by atoms with Crippen molar-refractivity contribution in [3.8, 4) is 0 Å². The van der Waals surface area contributed by atoms with Crippen molar-refractivity contribution in [2.75, 3.05) is 0 Å². The summed E-state index contributed by atoms with van der Waals surface area (Å²) < 4.78 is 1.97. The van der Waals surface area contributed by atoms with Gasteiger partial charge in [0.25, 0.3) is 0 Å². The quantitative estimate of drug-likeness (QED) is 0.789. The molecule has 1 aliphatic carbocycles. The summed E-state index contributed by atoms with van der Waals surface area (Å²) >= 11 is 0. The van der Waals surface area contributed by atoms with Crippen LogP contribution in [0.5, 0.6) is 0 Å². The Morgan fingerprint density at radius 1 is 1.36 bits per heavy atom. The number of rotatable bonds is 3. The second-order valence-corrected chi connectivity index (χ2v) is 4.07. The lowest BCUT2D eigenvalue weighted by Crippen LogP contribution is -2.18. The second-order valence-electron chi connectivity index (χ2n) is 4.07. The average Bonchev–Trinajstić information content (AvgIpc) is 2.67. The lowest BCUT2D eigenvalue weighted by molar-refractivity contribution is 0.304. The van der Waals surface area contributed by atoms with Gasteiger partial charge in [-0.05, 0) is 18.8 Å². The van der Waals surface area contributed by atoms with Crippen molar-refractivity contribution in [1.82, 2.24) is 14.8 Å². The van der Waals surface area contributed by atoms with Crippen LogP contribution in [0.15, 0.2) is 6.33 Å². The highest BCUT2D eigenvalue weighted by Crippen LogP contribution is 2.24. The predicted molar refractivity (Wildman–Crippen MR) is 54.5 cm³/mol. The molecule has 0 bridgehead atoms. The molecule has 78 valence electrons. The van der Waals surface area contributed by atoms with E-state index in [1.54, 1.807) is 6.33 Å². The van der Waals surface area contributed by atoms with Crippen molar-refractivity contribution in [3.63, 3.8) is 0 Å². The van der Waals surface area contributed by atoms with Gasteiger partial charge in [-0.2, -0.15) is 5.10 Å². The highest BCUT2D eigenvalue weighted by atomic mass is 15.3. The van der Waals surface area contributed by atoms with Crippen LogP contribution in [0, 0.1) is 5.92 Å². The smallest absolute Gasteiger partial charge is 0.140 e. The van der Waals surface area contributed by atoms with Gasteiger partial charge in [-0.1, -0.05) is 19.3 Å². The first kappa shape index (κ1) is 9.65. The fourth-order valence-electron chi connectivity index (χ4n) is 2.21. The van der Waals surface area contributed by atoms with Crippen LogP contribution in [-0.2, 0) is 13.1 Å². The third-order valence-electron chi connectivity index (χ3n) is 3.03. The molecule has 0 amide bonds. The summed E-state index contributed by atoms with van der Waals surface area (Å²) in [4.78, 5) is 4.13. The molecule has 0 spiro atoms. The third kappa shape index (κ3) is 2.12. The standard InChI is InChI=1S/C10H18N4/c11-6-10-12-8-13-14(10)7-9-4-2-1-3-5-9/h8-9H,1-7,11H2. The van der Waals surface area contributed by atoms with Gasteiger partial charge >= 0.3 is 0 Å². The molecule has 1 fully saturated rings. The molecule has 4 heteroatoms. The number of hydrogen-bond donors (Lipinski definition) is 1. The van der Waals surface area contributed by atoms with Gasteiger partial charge in [-0.3, -0.25) is 0 Å². The van der Waals surface area contributed by atoms with E-state index in [-0.39, 0.29) is 0 Å². The Bertz CT molecular complexity index is 275. The van der Waals surface area contributed by atoms with Crippen LogP contribution < -0.4 is 5.73 Å². The van der Waals surface area contributed by atoms with E-state index in [1.807, 2.05) is 4.68 Å². The van der Waals surface area contributed by atoms with E-state index >= 15 is 0 Å². The zero-order valence-corrected chi connectivity index (χ0v) is 8.52. The van der Waals surface area contributed by atoms with Crippen LogP contribution >= 0.6 is 0 Å². The van der Waals surface area contributed by atoms with Crippen molar-refractivity contribution in [3.05, 3.63) is 12.2 Å². The Balaban J connectivity index is 1.95. The van der Waals surface area contributed by atoms with Crippen molar-refractivity contribution >= 4 is 0 Å². The lowest BCUT2D eigenvalue weighted by atomic mass is 9.89. The Kier molecular flexibility index (Phi) is 3.14. The van der Waals surface area contributed by atoms with E-state index in [1.165, 1.54) is 32.1 Å². The lowest BCUT2D eigenvalue weighted by Gasteiger charge is -2.21. The molecule has 2 rings (SSSR count). The minimum Gasteiger partial charge on any atom is -0.324 e. The summed E-state index contributed by atoms with van der Waals surface area (Å²) in [6.45, 7) is 1.50. The first-order valence-electron chi connectivity index (χ1n) is 5.47. The zero-order chi connectivity index (χ0) is 9.80. The van der Waals surface area contributed by atoms with E-state index in [4.69, 9.17) is 5.73 Å². The number of nitrogens with two attached hydrogens (primary N) is 1. The molecule has 0 saturated heterocycles. The maximum atomic E-state index is 5.58. The van der Waals surface area contributed by atoms with E-state index in [0.717, 1.165) is 18.3 Å². The van der Waals surface area contributed by atoms with Crippen molar-refractivity contribution in [2.24, 2.45) is 11.7 Å². The molecule has 0 aromatic carbocycles. The molecule has 0 atom stereocenters. The predicted octanol–water partition coefficient (Wildman–Crippen LogP) is 1.32. The van der Waals surface area contributed by atoms with Crippen LogP contribution in [0.1, 0.15) is 37.9 Å². The second kappa shape index (κ2) is 4.55. The summed E-state index contributed by atoms with van der Waals surface area (Å²) in [6, 6.07) is 0. The van der Waals surface area contributed by atoms with Gasteiger partial charge in [-0.15, -0.1) is 0 Å². The van der Waals surface area contributed by atoms with Gasteiger partial charge in [0.05, 0.1) is 6.54 Å². The fraction of sp³-hybridized carbons (Fsp3) is 0.800. The first-order chi connectivity index (χ1) is 6.90. The molecular weight excluding hydrogens is 176 g/mol. The van der Waals surface area contributed by atoms with Gasteiger partial charge in [0.2, 0.25) is 0 Å². The summed E-state index contributed by atoms with van der Waals surface area (Å²) in [6.07, 6.45) is 8.42. The minimum atomic E-state index is 0.493. The van der Waals surface area contributed by atoms with E-state index in [9.17, 15) is 0 Å². The van der Waals surface area contributed by atoms with Gasteiger partial charge in [0, 0.05) is 6.54 Å². The topological polar surface area (TPSA) is 56.7 Å². The molecule has 1 heterocycles. The van der Waals surface area contributed by atoms with Crippen molar-refractivity contribution < 1.29 is 0 Å². The molecule has 0 radical (unpaired) electrons. The SMILES string of the molecule is NCc1ncnn1CC1CCCCC1. The molecule has 1 saturated carbocycles. The molecule has 4 nitrogen and oxygen atoms in total. The minimum absolute atomic E-state index is 0.493. The largest absolute Gasteiger partial charge is 0.324 e. The van der Waals surface area contributed by atoms with Crippen LogP contribution in [0.2, 0.25) is 0 Å². The van der Waals surface area contributed by atoms with Crippen LogP contribution in [-0.4, -0.2) is 14.8 Å². The molecule has 14 heavy (non-hydrogen) atoms. The van der Waals surface area contributed by atoms with Gasteiger partial charge in [0.1, 0.15) is 12.2 Å². The number of aromatic nitrogens is 3. The fourth-order valence-corrected chi connectivity index (χ4v) is 2.21. The molecule has 0 aliphatic heterocycles. The highest BCUT2D eigenvalue weighted by molar-refractivity contribution is 4.83. The number of nitrogens with zero attached hydrogens (tertiary/aromatic N) is 3. The van der Waals surface area contributed by atoms with Gasteiger partial charge in [0.15, 0.2) is 0 Å². The molecule has 1 aliphatic rings. The Morgan fingerprint density at radius 3 is 2.86 bits per heavy atom. The van der Waals surface area contributed by atoms with Crippen molar-refractivity contribution in [1.29, 1.82) is 0 Å². The maximum Gasteiger partial charge on any atom is 0.140 e.